The number of amides is 1. The summed E-state index contributed by atoms with van der Waals surface area (Å²) >= 11 is 0. The molecule has 0 saturated carbocycles. The van der Waals surface area contributed by atoms with Gasteiger partial charge in [-0.1, -0.05) is 6.92 Å². The summed E-state index contributed by atoms with van der Waals surface area (Å²) in [6, 6.07) is 0.470. The molecule has 0 spiro atoms. The Morgan fingerprint density at radius 2 is 1.96 bits per heavy atom. The number of carbonyl (C=O) groups is 2. The van der Waals surface area contributed by atoms with E-state index >= 15 is 0 Å². The Labute approximate surface area is 163 Å². The minimum absolute atomic E-state index is 0.0664. The Morgan fingerprint density at radius 1 is 1.26 bits per heavy atom. The van der Waals surface area contributed by atoms with E-state index in [1.807, 2.05) is 20.8 Å². The van der Waals surface area contributed by atoms with Crippen molar-refractivity contribution in [3.63, 3.8) is 0 Å². The molecule has 0 aromatic rings. The van der Waals surface area contributed by atoms with Crippen LogP contribution in [0.15, 0.2) is 4.99 Å². The normalized spacial score (nSPS) is 18.3. The fourth-order valence-corrected chi connectivity index (χ4v) is 2.90. The minimum Gasteiger partial charge on any atom is -0.460 e. The molecule has 0 aromatic heterocycles. The van der Waals surface area contributed by atoms with Crippen LogP contribution in [0.1, 0.15) is 47.0 Å². The molecule has 1 aliphatic heterocycles. The smallest absolute Gasteiger partial charge is 0.308 e. The Kier molecular flexibility index (Phi) is 9.55. The first-order valence-electron chi connectivity index (χ1n) is 9.80. The van der Waals surface area contributed by atoms with Gasteiger partial charge in [-0.25, -0.2) is 4.99 Å². The summed E-state index contributed by atoms with van der Waals surface area (Å²) in [5.74, 6) is 0.225. The van der Waals surface area contributed by atoms with Gasteiger partial charge in [0.25, 0.3) is 0 Å². The highest BCUT2D eigenvalue weighted by Crippen LogP contribution is 2.15. The molecule has 8 heteroatoms. The number of ether oxygens (including phenoxy) is 1. The monoisotopic (exact) mass is 383 g/mol. The van der Waals surface area contributed by atoms with Crippen LogP contribution >= 0.6 is 0 Å². The lowest BCUT2D eigenvalue weighted by Crippen LogP contribution is -2.45. The fraction of sp³-hybridized carbons (Fsp3) is 0.842. The number of esters is 1. The quantitative estimate of drug-likeness (QED) is 0.367. The van der Waals surface area contributed by atoms with Crippen molar-refractivity contribution >= 4 is 17.8 Å². The zero-order chi connectivity index (χ0) is 20.4. The molecular weight excluding hydrogens is 346 g/mol. The van der Waals surface area contributed by atoms with Gasteiger partial charge in [-0.15, -0.1) is 0 Å². The topological polar surface area (TPSA) is 86.3 Å². The number of nitrogens with zero attached hydrogens (tertiary/aromatic N) is 3. The Balaban J connectivity index is 2.55. The number of likely N-dealkylation sites (tertiary alicyclic amines) is 1. The highest BCUT2D eigenvalue weighted by molar-refractivity contribution is 5.85. The van der Waals surface area contributed by atoms with E-state index in [2.05, 4.69) is 27.4 Å². The van der Waals surface area contributed by atoms with E-state index in [-0.39, 0.29) is 24.8 Å². The molecule has 156 valence electrons. The first kappa shape index (κ1) is 23.2. The molecule has 0 bridgehead atoms. The molecule has 1 amide bonds. The van der Waals surface area contributed by atoms with E-state index in [1.54, 1.807) is 14.1 Å². The van der Waals surface area contributed by atoms with E-state index in [0.717, 1.165) is 26.1 Å². The molecule has 1 aliphatic rings. The molecule has 8 nitrogen and oxygen atoms in total. The van der Waals surface area contributed by atoms with Crippen LogP contribution in [0.25, 0.3) is 0 Å². The number of aliphatic imine (C=N–C) groups is 1. The predicted octanol–water partition coefficient (Wildman–Crippen LogP) is 0.826. The van der Waals surface area contributed by atoms with Crippen molar-refractivity contribution in [3.8, 4) is 0 Å². The number of hydrogen-bond donors (Lipinski definition) is 2. The number of likely N-dealkylation sites (N-methyl/N-ethyl adjacent to an activating group) is 2. The second-order valence-corrected chi connectivity index (χ2v) is 8.02. The van der Waals surface area contributed by atoms with Gasteiger partial charge < -0.3 is 20.3 Å². The van der Waals surface area contributed by atoms with Crippen molar-refractivity contribution in [2.24, 2.45) is 4.99 Å². The van der Waals surface area contributed by atoms with E-state index in [1.165, 1.54) is 11.3 Å². The first-order valence-corrected chi connectivity index (χ1v) is 9.80. The third-order valence-electron chi connectivity index (χ3n) is 4.32. The molecule has 1 heterocycles. The van der Waals surface area contributed by atoms with E-state index in [4.69, 9.17) is 4.74 Å². The van der Waals surface area contributed by atoms with E-state index < -0.39 is 5.60 Å². The van der Waals surface area contributed by atoms with Gasteiger partial charge in [-0.05, 0) is 46.7 Å². The van der Waals surface area contributed by atoms with Gasteiger partial charge in [0.15, 0.2) is 5.96 Å². The van der Waals surface area contributed by atoms with Crippen LogP contribution in [0.2, 0.25) is 0 Å². The highest BCUT2D eigenvalue weighted by atomic mass is 16.6. The van der Waals surface area contributed by atoms with Crippen LogP contribution < -0.4 is 10.6 Å². The highest BCUT2D eigenvalue weighted by Gasteiger charge is 2.23. The average molecular weight is 384 g/mol. The predicted molar refractivity (Wildman–Crippen MR) is 108 cm³/mol. The fourth-order valence-electron chi connectivity index (χ4n) is 2.90. The maximum absolute atomic E-state index is 11.9. The van der Waals surface area contributed by atoms with Crippen molar-refractivity contribution < 1.29 is 14.3 Å². The second-order valence-electron chi connectivity index (χ2n) is 8.02. The molecule has 0 radical (unpaired) electrons. The molecule has 2 N–H and O–H groups in total. The van der Waals surface area contributed by atoms with Crippen molar-refractivity contribution in [3.05, 3.63) is 0 Å². The van der Waals surface area contributed by atoms with Gasteiger partial charge in [-0.3, -0.25) is 14.5 Å². The maximum Gasteiger partial charge on any atom is 0.308 e. The number of nitrogens with one attached hydrogen (secondary N) is 2. The third kappa shape index (κ3) is 9.60. The van der Waals surface area contributed by atoms with Crippen molar-refractivity contribution in [2.45, 2.75) is 58.6 Å². The van der Waals surface area contributed by atoms with Crippen LogP contribution in [0.4, 0.5) is 0 Å². The largest absolute Gasteiger partial charge is 0.460 e. The summed E-state index contributed by atoms with van der Waals surface area (Å²) in [4.78, 5) is 32.0. The van der Waals surface area contributed by atoms with Gasteiger partial charge in [0.2, 0.25) is 5.91 Å². The molecule has 1 unspecified atom stereocenters. The zero-order valence-corrected chi connectivity index (χ0v) is 17.8. The van der Waals surface area contributed by atoms with Crippen LogP contribution in [0.3, 0.4) is 0 Å². The summed E-state index contributed by atoms with van der Waals surface area (Å²) in [7, 11) is 3.41. The number of hydrogen-bond acceptors (Lipinski definition) is 5. The second kappa shape index (κ2) is 11.1. The SMILES string of the molecule is CCN1CCCC1CNC(=NCC(=O)N(C)C)NCCC(=O)OC(C)(C)C. The molecule has 27 heavy (non-hydrogen) atoms. The van der Waals surface area contributed by atoms with Crippen LogP contribution in [-0.2, 0) is 14.3 Å². The van der Waals surface area contributed by atoms with E-state index in [9.17, 15) is 9.59 Å². The van der Waals surface area contributed by atoms with E-state index in [0.29, 0.717) is 18.5 Å². The molecule has 0 aromatic carbocycles. The number of rotatable bonds is 8. The first-order chi connectivity index (χ1) is 12.6. The summed E-state index contributed by atoms with van der Waals surface area (Å²) in [6.07, 6.45) is 2.60. The van der Waals surface area contributed by atoms with Crippen molar-refractivity contribution in [1.29, 1.82) is 0 Å². The van der Waals surface area contributed by atoms with Crippen LogP contribution in [0, 0.1) is 0 Å². The number of carbonyl (C=O) groups excluding carboxylic acids is 2. The zero-order valence-electron chi connectivity index (χ0n) is 17.8. The average Bonchev–Trinajstić information content (AvgIpc) is 3.02. The van der Waals surface area contributed by atoms with Gasteiger partial charge in [0.05, 0.1) is 6.42 Å². The van der Waals surface area contributed by atoms with Gasteiger partial charge in [0, 0.05) is 33.2 Å². The summed E-state index contributed by atoms with van der Waals surface area (Å²) in [6.45, 7) is 11.1. The Hall–Kier alpha value is -1.83. The molecular formula is C19H37N5O3. The van der Waals surface area contributed by atoms with Gasteiger partial charge in [0.1, 0.15) is 12.1 Å². The number of guanidine groups is 1. The lowest BCUT2D eigenvalue weighted by Gasteiger charge is -2.24. The standard InChI is InChI=1S/C19H37N5O3/c1-7-24-12-8-9-15(24)13-21-18(22-14-16(25)23(5)6)20-11-10-17(26)27-19(2,3)4/h15H,7-14H2,1-6H3,(H2,20,21,22). The summed E-state index contributed by atoms with van der Waals surface area (Å²) in [5.41, 5.74) is -0.490. The van der Waals surface area contributed by atoms with Crippen LogP contribution in [-0.4, -0.2) is 86.1 Å². The maximum atomic E-state index is 11.9. The van der Waals surface area contributed by atoms with Crippen molar-refractivity contribution in [2.75, 3.05) is 46.8 Å². The lowest BCUT2D eigenvalue weighted by molar-refractivity contribution is -0.154. The Morgan fingerprint density at radius 3 is 2.56 bits per heavy atom. The molecule has 1 rings (SSSR count). The lowest BCUT2D eigenvalue weighted by atomic mass is 10.2. The molecule has 1 atom stereocenters. The van der Waals surface area contributed by atoms with Gasteiger partial charge in [-0.2, -0.15) is 0 Å². The molecule has 1 saturated heterocycles. The molecule has 1 fully saturated rings. The summed E-state index contributed by atoms with van der Waals surface area (Å²) in [5, 5.41) is 6.45. The van der Waals surface area contributed by atoms with Crippen LogP contribution in [0.5, 0.6) is 0 Å². The summed E-state index contributed by atoms with van der Waals surface area (Å²) < 4.78 is 5.31. The Bertz CT molecular complexity index is 514. The van der Waals surface area contributed by atoms with Gasteiger partial charge >= 0.3 is 5.97 Å². The van der Waals surface area contributed by atoms with Crippen molar-refractivity contribution in [1.82, 2.24) is 20.4 Å². The minimum atomic E-state index is -0.490. The third-order valence-corrected chi connectivity index (χ3v) is 4.32. The molecule has 0 aliphatic carbocycles.